The summed E-state index contributed by atoms with van der Waals surface area (Å²) in [5.74, 6) is 0.802. The molecule has 1 aliphatic rings. The highest BCUT2D eigenvalue weighted by Gasteiger charge is 2.29. The number of nitrogens with zero attached hydrogens (tertiary/aromatic N) is 7. The molecule has 1 saturated carbocycles. The monoisotopic (exact) mass is 375 g/mol. The van der Waals surface area contributed by atoms with E-state index in [0.29, 0.717) is 24.9 Å². The van der Waals surface area contributed by atoms with Gasteiger partial charge in [-0.25, -0.2) is 14.1 Å². The van der Waals surface area contributed by atoms with Gasteiger partial charge in [0, 0.05) is 17.6 Å². The maximum Gasteiger partial charge on any atom is 0.132 e. The molecule has 0 bridgehead atoms. The average Bonchev–Trinajstić information content (AvgIpc) is 3.39. The Kier molecular flexibility index (Phi) is 3.83. The van der Waals surface area contributed by atoms with E-state index >= 15 is 0 Å². The average molecular weight is 375 g/mol. The van der Waals surface area contributed by atoms with Gasteiger partial charge in [-0.3, -0.25) is 4.98 Å². The van der Waals surface area contributed by atoms with Gasteiger partial charge in [0.1, 0.15) is 24.1 Å². The Morgan fingerprint density at radius 2 is 2.18 bits per heavy atom. The van der Waals surface area contributed by atoms with Gasteiger partial charge in [-0.1, -0.05) is 5.21 Å². The Hall–Kier alpha value is -3.34. The van der Waals surface area contributed by atoms with Gasteiger partial charge in [0.15, 0.2) is 0 Å². The number of halogens is 1. The first-order valence-electron chi connectivity index (χ1n) is 9.33. The molecule has 1 fully saturated rings. The second-order valence-corrected chi connectivity index (χ2v) is 7.36. The Bertz CT molecular complexity index is 1230. The fraction of sp³-hybridized carbons (Fsp3) is 0.350. The molecule has 8 heteroatoms. The van der Waals surface area contributed by atoms with Crippen LogP contribution in [-0.4, -0.2) is 35.7 Å². The molecule has 4 aromatic rings. The predicted molar refractivity (Wildman–Crippen MR) is 101 cm³/mol. The first-order valence-corrected chi connectivity index (χ1v) is 9.33. The summed E-state index contributed by atoms with van der Waals surface area (Å²) in [6.45, 7) is 2.33. The molecule has 0 aliphatic heterocycles. The fourth-order valence-electron chi connectivity index (χ4n) is 4.16. The van der Waals surface area contributed by atoms with E-state index in [1.165, 1.54) is 0 Å². The van der Waals surface area contributed by atoms with E-state index < -0.39 is 6.17 Å². The van der Waals surface area contributed by atoms with E-state index in [1.54, 1.807) is 16.9 Å². The van der Waals surface area contributed by atoms with Crippen LogP contribution in [0.1, 0.15) is 42.4 Å². The van der Waals surface area contributed by atoms with Crippen LogP contribution in [0.5, 0.6) is 0 Å². The van der Waals surface area contributed by atoms with Crippen LogP contribution in [0, 0.1) is 18.3 Å². The molecule has 2 atom stereocenters. The highest BCUT2D eigenvalue weighted by Crippen LogP contribution is 2.37. The van der Waals surface area contributed by atoms with Crippen LogP contribution >= 0.6 is 0 Å². The van der Waals surface area contributed by atoms with Crippen LogP contribution in [-0.2, 0) is 6.54 Å². The van der Waals surface area contributed by atoms with Crippen molar-refractivity contribution in [1.29, 1.82) is 5.26 Å². The third kappa shape index (κ3) is 2.71. The predicted octanol–water partition coefficient (Wildman–Crippen LogP) is 3.47. The second-order valence-electron chi connectivity index (χ2n) is 7.36. The van der Waals surface area contributed by atoms with E-state index in [1.807, 2.05) is 25.3 Å². The van der Waals surface area contributed by atoms with Gasteiger partial charge in [-0.2, -0.15) is 5.26 Å². The second kappa shape index (κ2) is 6.37. The molecule has 0 spiro atoms. The Labute approximate surface area is 160 Å². The fourth-order valence-corrected chi connectivity index (χ4v) is 4.16. The standard InChI is InChI=1S/C20H18FN7/c1-12-10-27(26-25-12)11-19-24-18-9-23-17-5-2-13(8-22)6-16(17)20(18)28(19)15-4-3-14(21)7-15/h2,5-6,9-10,14-15H,3-4,7,11H2,1H3/t14-,15+/m0/s1. The number of imidazole rings is 1. The van der Waals surface area contributed by atoms with E-state index in [0.717, 1.165) is 39.9 Å². The molecule has 0 saturated heterocycles. The molecule has 3 aromatic heterocycles. The van der Waals surface area contributed by atoms with Crippen molar-refractivity contribution in [3.63, 3.8) is 0 Å². The van der Waals surface area contributed by atoms with Gasteiger partial charge in [-0.15, -0.1) is 5.10 Å². The summed E-state index contributed by atoms with van der Waals surface area (Å²) < 4.78 is 17.9. The third-order valence-corrected chi connectivity index (χ3v) is 5.38. The van der Waals surface area contributed by atoms with E-state index in [-0.39, 0.29) is 6.04 Å². The lowest BCUT2D eigenvalue weighted by Crippen LogP contribution is -2.14. The summed E-state index contributed by atoms with van der Waals surface area (Å²) in [5, 5.41) is 18.4. The highest BCUT2D eigenvalue weighted by molar-refractivity contribution is 6.02. The van der Waals surface area contributed by atoms with Crippen molar-refractivity contribution in [3.05, 3.63) is 47.7 Å². The number of alkyl halides is 1. The van der Waals surface area contributed by atoms with Crippen molar-refractivity contribution in [1.82, 2.24) is 29.5 Å². The molecule has 1 aliphatic carbocycles. The van der Waals surface area contributed by atoms with Gasteiger partial charge in [0.05, 0.1) is 34.6 Å². The minimum atomic E-state index is -0.799. The van der Waals surface area contributed by atoms with E-state index in [2.05, 4.69) is 25.9 Å². The normalized spacial score (nSPS) is 19.5. The minimum Gasteiger partial charge on any atom is -0.323 e. The Morgan fingerprint density at radius 3 is 2.89 bits per heavy atom. The van der Waals surface area contributed by atoms with Gasteiger partial charge in [-0.05, 0) is 44.4 Å². The summed E-state index contributed by atoms with van der Waals surface area (Å²) in [7, 11) is 0. The van der Waals surface area contributed by atoms with Crippen LogP contribution in [0.3, 0.4) is 0 Å². The number of nitriles is 1. The highest BCUT2D eigenvalue weighted by atomic mass is 19.1. The van der Waals surface area contributed by atoms with Crippen LogP contribution in [0.25, 0.3) is 21.9 Å². The molecule has 0 radical (unpaired) electrons. The molecular weight excluding hydrogens is 357 g/mol. The zero-order valence-electron chi connectivity index (χ0n) is 15.4. The van der Waals surface area contributed by atoms with E-state index in [9.17, 15) is 9.65 Å². The maximum atomic E-state index is 14.0. The quantitative estimate of drug-likeness (QED) is 0.547. The summed E-state index contributed by atoms with van der Waals surface area (Å²) in [5.41, 5.74) is 3.85. The topological polar surface area (TPSA) is 85.2 Å². The Balaban J connectivity index is 1.76. The molecule has 5 rings (SSSR count). The number of fused-ring (bicyclic) bond motifs is 3. The zero-order valence-corrected chi connectivity index (χ0v) is 15.4. The summed E-state index contributed by atoms with van der Waals surface area (Å²) in [4.78, 5) is 9.30. The summed E-state index contributed by atoms with van der Waals surface area (Å²) in [6.07, 6.45) is 4.60. The molecular formula is C20H18FN7. The van der Waals surface area contributed by atoms with Crippen molar-refractivity contribution >= 4 is 21.9 Å². The number of hydrogen-bond donors (Lipinski definition) is 0. The number of benzene rings is 1. The largest absolute Gasteiger partial charge is 0.323 e. The third-order valence-electron chi connectivity index (χ3n) is 5.38. The summed E-state index contributed by atoms with van der Waals surface area (Å²) >= 11 is 0. The van der Waals surface area contributed by atoms with Crippen molar-refractivity contribution in [3.8, 4) is 6.07 Å². The number of rotatable bonds is 3. The van der Waals surface area contributed by atoms with Gasteiger partial charge in [0.2, 0.25) is 0 Å². The van der Waals surface area contributed by atoms with Crippen LogP contribution in [0.4, 0.5) is 4.39 Å². The summed E-state index contributed by atoms with van der Waals surface area (Å²) in [6, 6.07) is 7.66. The van der Waals surface area contributed by atoms with Gasteiger partial charge < -0.3 is 4.57 Å². The van der Waals surface area contributed by atoms with Crippen molar-refractivity contribution in [2.24, 2.45) is 0 Å². The zero-order chi connectivity index (χ0) is 19.3. The first-order chi connectivity index (χ1) is 13.6. The Morgan fingerprint density at radius 1 is 1.29 bits per heavy atom. The number of aromatic nitrogens is 6. The van der Waals surface area contributed by atoms with Crippen LogP contribution in [0.2, 0.25) is 0 Å². The lowest BCUT2D eigenvalue weighted by atomic mass is 10.1. The minimum absolute atomic E-state index is 0.0240. The SMILES string of the molecule is Cc1cn(Cc2nc3cnc4ccc(C#N)cc4c3n2[C@@H]2CC[C@H](F)C2)nn1. The number of hydrogen-bond acceptors (Lipinski definition) is 5. The lowest BCUT2D eigenvalue weighted by Gasteiger charge is -2.17. The molecule has 0 amide bonds. The first kappa shape index (κ1) is 16.8. The van der Waals surface area contributed by atoms with Gasteiger partial charge in [0.25, 0.3) is 0 Å². The molecule has 7 nitrogen and oxygen atoms in total. The maximum absolute atomic E-state index is 14.0. The van der Waals surface area contributed by atoms with Crippen LogP contribution in [0.15, 0.2) is 30.6 Å². The molecule has 28 heavy (non-hydrogen) atoms. The molecule has 0 unspecified atom stereocenters. The van der Waals surface area contributed by atoms with Gasteiger partial charge >= 0.3 is 0 Å². The number of aryl methyl sites for hydroxylation is 1. The van der Waals surface area contributed by atoms with Crippen LogP contribution < -0.4 is 0 Å². The lowest BCUT2D eigenvalue weighted by molar-refractivity contribution is 0.330. The molecule has 3 heterocycles. The number of pyridine rings is 1. The molecule has 0 N–H and O–H groups in total. The van der Waals surface area contributed by atoms with Crippen molar-refractivity contribution < 1.29 is 4.39 Å². The van der Waals surface area contributed by atoms with E-state index in [4.69, 9.17) is 4.98 Å². The molecule has 1 aromatic carbocycles. The van der Waals surface area contributed by atoms with Crippen molar-refractivity contribution in [2.75, 3.05) is 0 Å². The van der Waals surface area contributed by atoms with Crippen molar-refractivity contribution in [2.45, 2.75) is 44.9 Å². The smallest absolute Gasteiger partial charge is 0.132 e. The molecule has 140 valence electrons.